The van der Waals surface area contributed by atoms with E-state index in [9.17, 15) is 13.2 Å². The number of hydrogen-bond acceptors (Lipinski definition) is 4. The van der Waals surface area contributed by atoms with Crippen molar-refractivity contribution in [1.82, 2.24) is 0 Å². The summed E-state index contributed by atoms with van der Waals surface area (Å²) in [4.78, 5) is 11.7. The largest absolute Gasteiger partial charge is 0.395 e. The number of sulfone groups is 1. The van der Waals surface area contributed by atoms with Crippen LogP contribution in [0.3, 0.4) is 0 Å². The van der Waals surface area contributed by atoms with Crippen LogP contribution < -0.4 is 0 Å². The molecule has 17 heavy (non-hydrogen) atoms. The highest BCUT2D eigenvalue weighted by atomic mass is 32.2. The number of aliphatic hydroxyl groups is 1. The molecule has 0 aliphatic carbocycles. The smallest absolute Gasteiger partial charge is 0.177 e. The van der Waals surface area contributed by atoms with Crippen LogP contribution in [0.1, 0.15) is 21.5 Å². The Kier molecular flexibility index (Phi) is 4.42. The standard InChI is InChI=1S/C12H16O4S/c1-9-3-4-11(7-10(9)2)12(14)8-17(15,16)6-5-13/h3-4,7,13H,5-6,8H2,1-2H3. The molecule has 94 valence electrons. The first kappa shape index (κ1) is 13.9. The third-order valence-corrected chi connectivity index (χ3v) is 4.09. The molecule has 0 fully saturated rings. The second-order valence-corrected chi connectivity index (χ2v) is 6.22. The van der Waals surface area contributed by atoms with E-state index in [0.717, 1.165) is 11.1 Å². The zero-order valence-electron chi connectivity index (χ0n) is 9.93. The zero-order chi connectivity index (χ0) is 13.1. The molecule has 0 aliphatic rings. The van der Waals surface area contributed by atoms with Crippen LogP contribution in [-0.4, -0.2) is 37.4 Å². The Bertz CT molecular complexity index is 517. The van der Waals surface area contributed by atoms with E-state index in [1.165, 1.54) is 0 Å². The van der Waals surface area contributed by atoms with Gasteiger partial charge in [-0.05, 0) is 31.0 Å². The quantitative estimate of drug-likeness (QED) is 0.794. The van der Waals surface area contributed by atoms with Crippen molar-refractivity contribution in [1.29, 1.82) is 0 Å². The van der Waals surface area contributed by atoms with Crippen LogP contribution >= 0.6 is 0 Å². The van der Waals surface area contributed by atoms with E-state index in [-0.39, 0.29) is 5.75 Å². The van der Waals surface area contributed by atoms with Gasteiger partial charge in [0.25, 0.3) is 0 Å². The Morgan fingerprint density at radius 2 is 1.88 bits per heavy atom. The van der Waals surface area contributed by atoms with Crippen molar-refractivity contribution < 1.29 is 18.3 Å². The van der Waals surface area contributed by atoms with Gasteiger partial charge in [-0.2, -0.15) is 0 Å². The van der Waals surface area contributed by atoms with Gasteiger partial charge in [-0.1, -0.05) is 12.1 Å². The maximum absolute atomic E-state index is 11.7. The zero-order valence-corrected chi connectivity index (χ0v) is 10.8. The molecule has 5 heteroatoms. The van der Waals surface area contributed by atoms with Crippen molar-refractivity contribution in [2.75, 3.05) is 18.1 Å². The number of aliphatic hydroxyl groups excluding tert-OH is 1. The summed E-state index contributed by atoms with van der Waals surface area (Å²) in [5, 5.41) is 8.58. The minimum atomic E-state index is -3.50. The summed E-state index contributed by atoms with van der Waals surface area (Å²) < 4.78 is 22.8. The summed E-state index contributed by atoms with van der Waals surface area (Å²) in [6.45, 7) is 3.34. The van der Waals surface area contributed by atoms with Gasteiger partial charge in [-0.25, -0.2) is 8.42 Å². The van der Waals surface area contributed by atoms with Gasteiger partial charge in [0.15, 0.2) is 15.6 Å². The van der Waals surface area contributed by atoms with Gasteiger partial charge in [-0.15, -0.1) is 0 Å². The normalized spacial score (nSPS) is 11.5. The lowest BCUT2D eigenvalue weighted by Gasteiger charge is -2.05. The summed E-state index contributed by atoms with van der Waals surface area (Å²) >= 11 is 0. The van der Waals surface area contributed by atoms with Crippen LogP contribution in [-0.2, 0) is 9.84 Å². The summed E-state index contributed by atoms with van der Waals surface area (Å²) in [6.07, 6.45) is 0. The fourth-order valence-corrected chi connectivity index (χ4v) is 2.40. The van der Waals surface area contributed by atoms with Gasteiger partial charge in [-0.3, -0.25) is 4.79 Å². The van der Waals surface area contributed by atoms with Gasteiger partial charge >= 0.3 is 0 Å². The summed E-state index contributed by atoms with van der Waals surface area (Å²) in [5.41, 5.74) is 2.41. The molecule has 0 aliphatic heterocycles. The molecule has 0 saturated carbocycles. The van der Waals surface area contributed by atoms with Crippen LogP contribution in [0, 0.1) is 13.8 Å². The van der Waals surface area contributed by atoms with Gasteiger partial charge in [0, 0.05) is 5.56 Å². The van der Waals surface area contributed by atoms with Crippen LogP contribution in [0.25, 0.3) is 0 Å². The molecule has 1 aromatic rings. The average Bonchev–Trinajstić information content (AvgIpc) is 2.21. The SMILES string of the molecule is Cc1ccc(C(=O)CS(=O)(=O)CCO)cc1C. The first-order valence-corrected chi connectivity index (χ1v) is 7.09. The Balaban J connectivity index is 2.87. The second kappa shape index (κ2) is 5.42. The fourth-order valence-electron chi connectivity index (χ4n) is 1.41. The molecule has 0 spiro atoms. The maximum Gasteiger partial charge on any atom is 0.177 e. The Morgan fingerprint density at radius 3 is 2.41 bits per heavy atom. The van der Waals surface area contributed by atoms with Crippen molar-refractivity contribution in [2.24, 2.45) is 0 Å². The Hall–Kier alpha value is -1.20. The van der Waals surface area contributed by atoms with Gasteiger partial charge in [0.05, 0.1) is 12.4 Å². The highest BCUT2D eigenvalue weighted by Gasteiger charge is 2.17. The predicted molar refractivity (Wildman–Crippen MR) is 66.0 cm³/mol. The molecule has 0 radical (unpaired) electrons. The highest BCUT2D eigenvalue weighted by Crippen LogP contribution is 2.11. The molecule has 0 unspecified atom stereocenters. The molecule has 0 heterocycles. The second-order valence-electron chi connectivity index (χ2n) is 4.04. The van der Waals surface area contributed by atoms with Gasteiger partial charge < -0.3 is 5.11 Å². The van der Waals surface area contributed by atoms with Crippen LogP contribution in [0.15, 0.2) is 18.2 Å². The number of rotatable bonds is 5. The molecule has 0 saturated heterocycles. The molecule has 0 bridgehead atoms. The maximum atomic E-state index is 11.7. The van der Waals surface area contributed by atoms with E-state index in [1.807, 2.05) is 13.8 Å². The summed E-state index contributed by atoms with van der Waals surface area (Å²) in [6, 6.07) is 5.10. The lowest BCUT2D eigenvalue weighted by atomic mass is 10.0. The van der Waals surface area contributed by atoms with Crippen LogP contribution in [0.2, 0.25) is 0 Å². The summed E-state index contributed by atoms with van der Waals surface area (Å²) in [5.74, 6) is -1.35. The van der Waals surface area contributed by atoms with E-state index in [1.54, 1.807) is 18.2 Å². The number of carbonyl (C=O) groups excluding carboxylic acids is 1. The average molecular weight is 256 g/mol. The minimum absolute atomic E-state index is 0.371. The Labute approximate surface area is 101 Å². The van der Waals surface area contributed by atoms with Gasteiger partial charge in [0.1, 0.15) is 5.75 Å². The minimum Gasteiger partial charge on any atom is -0.395 e. The first-order valence-electron chi connectivity index (χ1n) is 5.27. The lowest BCUT2D eigenvalue weighted by molar-refractivity contribution is 0.102. The third-order valence-electron chi connectivity index (χ3n) is 2.58. The van der Waals surface area contributed by atoms with Crippen LogP contribution in [0.4, 0.5) is 0 Å². The number of aryl methyl sites for hydroxylation is 2. The monoisotopic (exact) mass is 256 g/mol. The molecule has 1 aromatic carbocycles. The van der Waals surface area contributed by atoms with E-state index in [2.05, 4.69) is 0 Å². The highest BCUT2D eigenvalue weighted by molar-refractivity contribution is 7.92. The number of hydrogen-bond donors (Lipinski definition) is 1. The number of benzene rings is 1. The van der Waals surface area contributed by atoms with E-state index >= 15 is 0 Å². The first-order chi connectivity index (χ1) is 7.85. The molecule has 0 atom stereocenters. The lowest BCUT2D eigenvalue weighted by Crippen LogP contribution is -2.20. The van der Waals surface area contributed by atoms with Crippen molar-refractivity contribution in [3.63, 3.8) is 0 Å². The molecule has 0 aromatic heterocycles. The number of carbonyl (C=O) groups is 1. The topological polar surface area (TPSA) is 71.4 Å². The van der Waals surface area contributed by atoms with E-state index in [4.69, 9.17) is 5.11 Å². The van der Waals surface area contributed by atoms with Gasteiger partial charge in [0.2, 0.25) is 0 Å². The molecular formula is C12H16O4S. The Morgan fingerprint density at radius 1 is 1.24 bits per heavy atom. The van der Waals surface area contributed by atoms with E-state index in [0.29, 0.717) is 5.56 Å². The molecule has 1 N–H and O–H groups in total. The van der Waals surface area contributed by atoms with Crippen molar-refractivity contribution in [3.05, 3.63) is 34.9 Å². The molecule has 1 rings (SSSR count). The summed E-state index contributed by atoms with van der Waals surface area (Å²) in [7, 11) is -3.50. The number of Topliss-reactive ketones (excluding diaryl/α,β-unsaturated/α-hetero) is 1. The van der Waals surface area contributed by atoms with Crippen molar-refractivity contribution >= 4 is 15.6 Å². The van der Waals surface area contributed by atoms with Crippen molar-refractivity contribution in [3.8, 4) is 0 Å². The van der Waals surface area contributed by atoms with E-state index < -0.39 is 28.0 Å². The fraction of sp³-hybridized carbons (Fsp3) is 0.417. The third kappa shape index (κ3) is 3.94. The number of ketones is 1. The molecule has 0 amide bonds. The van der Waals surface area contributed by atoms with Crippen molar-refractivity contribution in [2.45, 2.75) is 13.8 Å². The van der Waals surface area contributed by atoms with Crippen LogP contribution in [0.5, 0.6) is 0 Å². The molecular weight excluding hydrogens is 240 g/mol. The predicted octanol–water partition coefficient (Wildman–Crippen LogP) is 0.893. The molecule has 4 nitrogen and oxygen atoms in total.